The molecule has 0 saturated carbocycles. The molecule has 1 atom stereocenters. The van der Waals surface area contributed by atoms with Crippen LogP contribution in [0.1, 0.15) is 34.6 Å². The molecular formula is C11H21O2PS3. The van der Waals surface area contributed by atoms with Gasteiger partial charge in [0.25, 0.3) is 0 Å². The van der Waals surface area contributed by atoms with Gasteiger partial charge in [-0.25, -0.2) is 4.79 Å². The second-order valence-electron chi connectivity index (χ2n) is 4.29. The Morgan fingerprint density at radius 1 is 1.41 bits per heavy atom. The highest BCUT2D eigenvalue weighted by molar-refractivity contribution is 9.01. The average molecular weight is 312 g/mol. The molecule has 0 aromatic heterocycles. The van der Waals surface area contributed by atoms with E-state index in [1.54, 1.807) is 23.7 Å². The Bertz CT molecular complexity index is 321. The molecule has 0 aliphatic carbocycles. The molecule has 0 bridgehead atoms. The third kappa shape index (κ3) is 9.18. The van der Waals surface area contributed by atoms with E-state index in [4.69, 9.17) is 16.5 Å². The molecular weight excluding hydrogens is 291 g/mol. The summed E-state index contributed by atoms with van der Waals surface area (Å²) in [5, 5.41) is 1.79. The maximum atomic E-state index is 11.2. The fraction of sp³-hybridized carbons (Fsp3) is 0.727. The first-order valence-corrected chi connectivity index (χ1v) is 11.4. The number of rotatable bonds is 6. The topological polar surface area (TPSA) is 26.3 Å². The van der Waals surface area contributed by atoms with E-state index in [0.717, 1.165) is 6.16 Å². The third-order valence-electron chi connectivity index (χ3n) is 1.51. The Morgan fingerprint density at radius 3 is 2.41 bits per heavy atom. The van der Waals surface area contributed by atoms with Gasteiger partial charge in [-0.2, -0.15) is 0 Å². The summed E-state index contributed by atoms with van der Waals surface area (Å²) in [7, 11) is 0. The smallest absolute Gasteiger partial charge is 0.331 e. The van der Waals surface area contributed by atoms with Crippen molar-refractivity contribution in [3.8, 4) is 0 Å². The van der Waals surface area contributed by atoms with Crippen LogP contribution in [0.2, 0.25) is 0 Å². The second-order valence-corrected chi connectivity index (χ2v) is 16.9. The minimum Gasteiger partial charge on any atom is -0.463 e. The van der Waals surface area contributed by atoms with Gasteiger partial charge in [0.15, 0.2) is 0 Å². The molecule has 0 aromatic carbocycles. The Labute approximate surface area is 118 Å². The van der Waals surface area contributed by atoms with Gasteiger partial charge in [-0.3, -0.25) is 0 Å². The minimum atomic E-state index is -1.52. The summed E-state index contributed by atoms with van der Waals surface area (Å²) in [5.74, 6) is -0.293. The molecule has 0 saturated heterocycles. The van der Waals surface area contributed by atoms with Crippen LogP contribution in [0.4, 0.5) is 0 Å². The largest absolute Gasteiger partial charge is 0.463 e. The SMILES string of the molecule is CCOC(=O)C=CSP(=S)(CC)SC(C)(C)C. The Balaban J connectivity index is 4.40. The summed E-state index contributed by atoms with van der Waals surface area (Å²) in [6, 6.07) is 0. The molecule has 1 unspecified atom stereocenters. The van der Waals surface area contributed by atoms with E-state index in [9.17, 15) is 4.79 Å². The fourth-order valence-electron chi connectivity index (χ4n) is 0.947. The van der Waals surface area contributed by atoms with Crippen molar-refractivity contribution in [2.75, 3.05) is 12.8 Å². The maximum Gasteiger partial charge on any atom is 0.331 e. The van der Waals surface area contributed by atoms with Gasteiger partial charge in [0.05, 0.1) is 11.0 Å². The molecule has 0 aromatic rings. The molecule has 100 valence electrons. The van der Waals surface area contributed by atoms with Gasteiger partial charge in [-0.1, -0.05) is 50.9 Å². The van der Waals surface area contributed by atoms with Crippen molar-refractivity contribution >= 4 is 45.0 Å². The standard InChI is InChI=1S/C11H21O2PS3/c1-6-13-10(12)8-9-16-14(15,7-2)17-11(3,4)5/h8-9H,6-7H2,1-5H3. The van der Waals surface area contributed by atoms with Crippen molar-refractivity contribution in [1.29, 1.82) is 0 Å². The van der Waals surface area contributed by atoms with Crippen molar-refractivity contribution in [1.82, 2.24) is 0 Å². The van der Waals surface area contributed by atoms with Crippen molar-refractivity contribution in [2.45, 2.75) is 39.4 Å². The number of ether oxygens (including phenoxy) is 1. The van der Waals surface area contributed by atoms with Gasteiger partial charge >= 0.3 is 5.97 Å². The molecule has 0 rings (SSSR count). The molecule has 0 amide bonds. The lowest BCUT2D eigenvalue weighted by atomic mass is 10.3. The van der Waals surface area contributed by atoms with Crippen LogP contribution in [0.25, 0.3) is 0 Å². The molecule has 0 fully saturated rings. The van der Waals surface area contributed by atoms with Gasteiger partial charge in [0, 0.05) is 10.8 Å². The Morgan fingerprint density at radius 2 is 2.00 bits per heavy atom. The van der Waals surface area contributed by atoms with Gasteiger partial charge in [0.1, 0.15) is 0 Å². The summed E-state index contributed by atoms with van der Waals surface area (Å²) < 4.78 is 3.46. The van der Waals surface area contributed by atoms with E-state index < -0.39 is 4.44 Å². The maximum absolute atomic E-state index is 11.2. The Kier molecular flexibility index (Phi) is 8.14. The van der Waals surface area contributed by atoms with Gasteiger partial charge in [-0.15, -0.1) is 11.4 Å². The number of hydrogen-bond donors (Lipinski definition) is 0. The summed E-state index contributed by atoms with van der Waals surface area (Å²) >= 11 is 9.17. The summed E-state index contributed by atoms with van der Waals surface area (Å²) in [6.45, 7) is 10.8. The second kappa shape index (κ2) is 7.88. The highest BCUT2D eigenvalue weighted by Gasteiger charge is 2.23. The summed E-state index contributed by atoms with van der Waals surface area (Å²) in [6.07, 6.45) is 2.44. The third-order valence-corrected chi connectivity index (χ3v) is 12.7. The normalized spacial score (nSPS) is 15.8. The number of esters is 1. The first-order chi connectivity index (χ1) is 7.72. The van der Waals surface area contributed by atoms with Crippen molar-refractivity contribution in [3.63, 3.8) is 0 Å². The lowest BCUT2D eigenvalue weighted by molar-refractivity contribution is -0.137. The van der Waals surface area contributed by atoms with Crippen molar-refractivity contribution in [2.24, 2.45) is 0 Å². The van der Waals surface area contributed by atoms with Crippen LogP contribution >= 0.6 is 27.2 Å². The quantitative estimate of drug-likeness (QED) is 0.404. The predicted octanol–water partition coefficient (Wildman–Crippen LogP) is 4.66. The van der Waals surface area contributed by atoms with Crippen LogP contribution in [0.15, 0.2) is 11.5 Å². The average Bonchev–Trinajstić information content (AvgIpc) is 2.15. The van der Waals surface area contributed by atoms with Crippen LogP contribution < -0.4 is 0 Å². The lowest BCUT2D eigenvalue weighted by Gasteiger charge is -2.26. The fourth-order valence-corrected chi connectivity index (χ4v) is 12.0. The summed E-state index contributed by atoms with van der Waals surface area (Å²) in [5.41, 5.74) is 0. The van der Waals surface area contributed by atoms with Crippen LogP contribution in [0.3, 0.4) is 0 Å². The number of hydrogen-bond acceptors (Lipinski definition) is 5. The van der Waals surface area contributed by atoms with Gasteiger partial charge < -0.3 is 4.74 Å². The molecule has 0 aliphatic rings. The van der Waals surface area contributed by atoms with E-state index >= 15 is 0 Å². The molecule has 2 nitrogen and oxygen atoms in total. The zero-order valence-electron chi connectivity index (χ0n) is 11.1. The lowest BCUT2D eigenvalue weighted by Crippen LogP contribution is -2.06. The Hall–Kier alpha value is 0.560. The number of carbonyl (C=O) groups excluding carboxylic acids is 1. The highest BCUT2D eigenvalue weighted by Crippen LogP contribution is 2.72. The van der Waals surface area contributed by atoms with E-state index in [0.29, 0.717) is 6.61 Å². The predicted molar refractivity (Wildman–Crippen MR) is 85.5 cm³/mol. The van der Waals surface area contributed by atoms with Crippen molar-refractivity contribution < 1.29 is 9.53 Å². The van der Waals surface area contributed by atoms with Crippen LogP contribution in [0.5, 0.6) is 0 Å². The molecule has 6 heteroatoms. The zero-order chi connectivity index (χ0) is 13.5. The van der Waals surface area contributed by atoms with Crippen LogP contribution in [-0.4, -0.2) is 23.5 Å². The highest BCUT2D eigenvalue weighted by atomic mass is 33.2. The van der Waals surface area contributed by atoms with E-state index in [1.807, 2.05) is 11.4 Å². The molecule has 0 aliphatic heterocycles. The molecule has 0 heterocycles. The molecule has 0 N–H and O–H groups in total. The number of carbonyl (C=O) groups is 1. The minimum absolute atomic E-state index is 0.163. The van der Waals surface area contributed by atoms with Crippen LogP contribution in [-0.2, 0) is 21.3 Å². The summed E-state index contributed by atoms with van der Waals surface area (Å²) in [4.78, 5) is 11.2. The zero-order valence-corrected chi connectivity index (χ0v) is 14.4. The van der Waals surface area contributed by atoms with Crippen molar-refractivity contribution in [3.05, 3.63) is 11.5 Å². The molecule has 0 spiro atoms. The van der Waals surface area contributed by atoms with E-state index in [1.165, 1.54) is 6.08 Å². The first kappa shape index (κ1) is 17.6. The van der Waals surface area contributed by atoms with Gasteiger partial charge in [-0.05, 0) is 18.5 Å². The van der Waals surface area contributed by atoms with Gasteiger partial charge in [0.2, 0.25) is 0 Å². The first-order valence-electron chi connectivity index (χ1n) is 5.54. The van der Waals surface area contributed by atoms with E-state index in [-0.39, 0.29) is 10.7 Å². The van der Waals surface area contributed by atoms with E-state index in [2.05, 4.69) is 27.7 Å². The van der Waals surface area contributed by atoms with Crippen LogP contribution in [0, 0.1) is 0 Å². The monoisotopic (exact) mass is 312 g/mol. The molecule has 0 radical (unpaired) electrons. The molecule has 17 heavy (non-hydrogen) atoms.